The van der Waals surface area contributed by atoms with Crippen molar-refractivity contribution in [1.29, 1.82) is 0 Å². The lowest BCUT2D eigenvalue weighted by atomic mass is 10.1. The van der Waals surface area contributed by atoms with Crippen LogP contribution in [0, 0.1) is 0 Å². The summed E-state index contributed by atoms with van der Waals surface area (Å²) >= 11 is 11.7. The molecule has 6 nitrogen and oxygen atoms in total. The van der Waals surface area contributed by atoms with Crippen molar-refractivity contribution in [3.63, 3.8) is 0 Å². The van der Waals surface area contributed by atoms with Crippen molar-refractivity contribution in [2.24, 2.45) is 10.9 Å². The van der Waals surface area contributed by atoms with E-state index in [1.165, 1.54) is 0 Å². The van der Waals surface area contributed by atoms with Crippen molar-refractivity contribution < 1.29 is 14.7 Å². The van der Waals surface area contributed by atoms with Crippen molar-refractivity contribution >= 4 is 34.8 Å². The van der Waals surface area contributed by atoms with Crippen LogP contribution in [-0.2, 0) is 9.63 Å². The second kappa shape index (κ2) is 7.09. The van der Waals surface area contributed by atoms with Gasteiger partial charge in [0.05, 0.1) is 16.1 Å². The fourth-order valence-corrected chi connectivity index (χ4v) is 2.21. The standard InChI is InChI=1S/C13H15Cl2N3O3/c14-9-2-1-7(3-10(9)15)12(19)6-17-5-8-4-11(13(16)20)18-21-8/h1-3,8,12,17,19H,4-6H2,(H2,16,20)/t8?,12-/m0/s1. The summed E-state index contributed by atoms with van der Waals surface area (Å²) in [5.41, 5.74) is 6.00. The van der Waals surface area contributed by atoms with E-state index in [4.69, 9.17) is 33.8 Å². The summed E-state index contributed by atoms with van der Waals surface area (Å²) in [4.78, 5) is 16.0. The first kappa shape index (κ1) is 16.0. The highest BCUT2D eigenvalue weighted by atomic mass is 35.5. The zero-order valence-electron chi connectivity index (χ0n) is 11.1. The molecule has 114 valence electrons. The van der Waals surface area contributed by atoms with Crippen LogP contribution in [-0.4, -0.2) is 35.9 Å². The van der Waals surface area contributed by atoms with Gasteiger partial charge >= 0.3 is 0 Å². The molecular weight excluding hydrogens is 317 g/mol. The van der Waals surface area contributed by atoms with Crippen molar-refractivity contribution in [3.8, 4) is 0 Å². The lowest BCUT2D eigenvalue weighted by Gasteiger charge is -2.14. The van der Waals surface area contributed by atoms with Gasteiger partial charge in [0.1, 0.15) is 11.8 Å². The van der Waals surface area contributed by atoms with Crippen molar-refractivity contribution in [3.05, 3.63) is 33.8 Å². The van der Waals surface area contributed by atoms with Crippen LogP contribution in [0.1, 0.15) is 18.1 Å². The molecule has 1 aromatic rings. The number of nitrogens with one attached hydrogen (secondary N) is 1. The molecule has 4 N–H and O–H groups in total. The first-order valence-electron chi connectivity index (χ1n) is 6.33. The number of hydrogen-bond donors (Lipinski definition) is 3. The number of halogens is 2. The van der Waals surface area contributed by atoms with Crippen molar-refractivity contribution in [2.75, 3.05) is 13.1 Å². The lowest BCUT2D eigenvalue weighted by molar-refractivity contribution is -0.112. The summed E-state index contributed by atoms with van der Waals surface area (Å²) < 4.78 is 0. The molecule has 0 radical (unpaired) electrons. The number of hydrogen-bond acceptors (Lipinski definition) is 5. The Morgan fingerprint density at radius 1 is 1.52 bits per heavy atom. The van der Waals surface area contributed by atoms with E-state index in [2.05, 4.69) is 10.5 Å². The van der Waals surface area contributed by atoms with Crippen molar-refractivity contribution in [2.45, 2.75) is 18.6 Å². The molecule has 8 heteroatoms. The Morgan fingerprint density at radius 2 is 2.29 bits per heavy atom. The molecule has 0 saturated heterocycles. The minimum absolute atomic E-state index is 0.229. The number of oxime groups is 1. The summed E-state index contributed by atoms with van der Waals surface area (Å²) in [5.74, 6) is -0.576. The van der Waals surface area contributed by atoms with Gasteiger partial charge in [-0.05, 0) is 17.7 Å². The summed E-state index contributed by atoms with van der Waals surface area (Å²) in [7, 11) is 0. The molecule has 1 amide bonds. The summed E-state index contributed by atoms with van der Waals surface area (Å²) in [6, 6.07) is 4.97. The third kappa shape index (κ3) is 4.31. The van der Waals surface area contributed by atoms with Gasteiger partial charge in [-0.25, -0.2) is 0 Å². The van der Waals surface area contributed by atoms with Crippen LogP contribution in [0.3, 0.4) is 0 Å². The Bertz CT molecular complexity index is 566. The number of carbonyl (C=O) groups excluding carboxylic acids is 1. The Hall–Kier alpha value is -1.34. The summed E-state index contributed by atoms with van der Waals surface area (Å²) in [6.07, 6.45) is -0.614. The summed E-state index contributed by atoms with van der Waals surface area (Å²) in [6.45, 7) is 0.752. The SMILES string of the molecule is NC(=O)C1=NOC(CNC[C@H](O)c2ccc(Cl)c(Cl)c2)C1. The normalized spacial score (nSPS) is 19.0. The first-order chi connectivity index (χ1) is 9.97. The number of primary amides is 1. The zero-order chi connectivity index (χ0) is 15.4. The number of carbonyl (C=O) groups is 1. The molecule has 1 heterocycles. The van der Waals surface area contributed by atoms with Crippen LogP contribution >= 0.6 is 23.2 Å². The maximum Gasteiger partial charge on any atom is 0.266 e. The number of nitrogens with two attached hydrogens (primary N) is 1. The molecule has 0 fully saturated rings. The molecule has 0 bridgehead atoms. The maximum absolute atomic E-state index is 10.9. The molecule has 1 aliphatic heterocycles. The van der Waals surface area contributed by atoms with Crippen LogP contribution in [0.5, 0.6) is 0 Å². The van der Waals surface area contributed by atoms with E-state index in [0.717, 1.165) is 0 Å². The highest BCUT2D eigenvalue weighted by molar-refractivity contribution is 6.42. The van der Waals surface area contributed by atoms with Crippen LogP contribution in [0.2, 0.25) is 10.0 Å². The Kier molecular flexibility index (Phi) is 5.41. The third-order valence-corrected chi connectivity index (χ3v) is 3.79. The number of rotatable bonds is 6. The average molecular weight is 332 g/mol. The third-order valence-electron chi connectivity index (χ3n) is 3.06. The van der Waals surface area contributed by atoms with Gasteiger partial charge in [-0.15, -0.1) is 0 Å². The van der Waals surface area contributed by atoms with E-state index in [-0.39, 0.29) is 11.8 Å². The van der Waals surface area contributed by atoms with E-state index < -0.39 is 12.0 Å². The van der Waals surface area contributed by atoms with E-state index in [1.807, 2.05) is 0 Å². The van der Waals surface area contributed by atoms with E-state index >= 15 is 0 Å². The van der Waals surface area contributed by atoms with Crippen LogP contribution in [0.15, 0.2) is 23.4 Å². The molecule has 2 atom stereocenters. The second-order valence-corrected chi connectivity index (χ2v) is 5.50. The molecule has 1 aliphatic rings. The maximum atomic E-state index is 10.9. The molecular formula is C13H15Cl2N3O3. The zero-order valence-corrected chi connectivity index (χ0v) is 12.6. The molecule has 0 saturated carbocycles. The minimum atomic E-state index is -0.724. The monoisotopic (exact) mass is 331 g/mol. The van der Waals surface area contributed by atoms with E-state index in [1.54, 1.807) is 18.2 Å². The average Bonchev–Trinajstić information content (AvgIpc) is 2.91. The molecule has 1 aromatic carbocycles. The van der Waals surface area contributed by atoms with Gasteiger partial charge in [-0.2, -0.15) is 0 Å². The number of nitrogens with zero attached hydrogens (tertiary/aromatic N) is 1. The van der Waals surface area contributed by atoms with Crippen LogP contribution < -0.4 is 11.1 Å². The topological polar surface area (TPSA) is 96.9 Å². The number of aliphatic hydroxyl groups excluding tert-OH is 1. The fourth-order valence-electron chi connectivity index (χ4n) is 1.90. The highest BCUT2D eigenvalue weighted by Gasteiger charge is 2.24. The van der Waals surface area contributed by atoms with Crippen LogP contribution in [0.25, 0.3) is 0 Å². The molecule has 0 aliphatic carbocycles. The fraction of sp³-hybridized carbons (Fsp3) is 0.385. The minimum Gasteiger partial charge on any atom is -0.390 e. The Morgan fingerprint density at radius 3 is 2.90 bits per heavy atom. The molecule has 21 heavy (non-hydrogen) atoms. The van der Waals surface area contributed by atoms with Gasteiger partial charge in [-0.3, -0.25) is 4.79 Å². The molecule has 1 unspecified atom stereocenters. The number of benzene rings is 1. The number of aliphatic hydroxyl groups is 1. The molecule has 0 aromatic heterocycles. The Balaban J connectivity index is 1.76. The first-order valence-corrected chi connectivity index (χ1v) is 7.09. The van der Waals surface area contributed by atoms with E-state index in [9.17, 15) is 9.90 Å². The van der Waals surface area contributed by atoms with Gasteiger partial charge in [0.25, 0.3) is 5.91 Å². The quantitative estimate of drug-likeness (QED) is 0.730. The highest BCUT2D eigenvalue weighted by Crippen LogP contribution is 2.25. The van der Waals surface area contributed by atoms with Gasteiger partial charge in [-0.1, -0.05) is 34.4 Å². The van der Waals surface area contributed by atoms with Gasteiger partial charge < -0.3 is 21.0 Å². The largest absolute Gasteiger partial charge is 0.390 e. The van der Waals surface area contributed by atoms with E-state index in [0.29, 0.717) is 35.1 Å². The predicted octanol–water partition coefficient (Wildman–Crippen LogP) is 1.25. The second-order valence-electron chi connectivity index (χ2n) is 4.68. The van der Waals surface area contributed by atoms with Gasteiger partial charge in [0, 0.05) is 19.5 Å². The lowest BCUT2D eigenvalue weighted by Crippen LogP contribution is -2.32. The molecule has 2 rings (SSSR count). The van der Waals surface area contributed by atoms with Gasteiger partial charge in [0.2, 0.25) is 0 Å². The predicted molar refractivity (Wildman–Crippen MR) is 80.4 cm³/mol. The van der Waals surface area contributed by atoms with Gasteiger partial charge in [0.15, 0.2) is 0 Å². The summed E-state index contributed by atoms with van der Waals surface area (Å²) in [5, 5.41) is 17.5. The Labute approximate surface area is 131 Å². The molecule has 0 spiro atoms. The smallest absolute Gasteiger partial charge is 0.266 e. The number of amides is 1. The van der Waals surface area contributed by atoms with Crippen LogP contribution in [0.4, 0.5) is 0 Å². The van der Waals surface area contributed by atoms with Crippen molar-refractivity contribution in [1.82, 2.24) is 5.32 Å².